The van der Waals surface area contributed by atoms with E-state index < -0.39 is 0 Å². The second kappa shape index (κ2) is 11.2. The monoisotopic (exact) mass is 573 g/mol. The van der Waals surface area contributed by atoms with E-state index in [1.807, 2.05) is 54.6 Å². The van der Waals surface area contributed by atoms with Gasteiger partial charge in [0.1, 0.15) is 11.3 Å². The highest BCUT2D eigenvalue weighted by atomic mass is 35.5. The number of nitrogens with two attached hydrogens (primary N) is 1. The Balaban J connectivity index is 1.20. The SMILES string of the molecule is Nc1ncccc1-c1nc2ccc(-c3ccc(Cl)cc3)nc2n1-c1ccc(CN2CCN(c3ncccn3)CC2)cc1. The molecule has 0 spiro atoms. The van der Waals surface area contributed by atoms with Gasteiger partial charge < -0.3 is 10.6 Å². The van der Waals surface area contributed by atoms with Crippen molar-refractivity contribution in [3.63, 3.8) is 0 Å². The van der Waals surface area contributed by atoms with Gasteiger partial charge >= 0.3 is 0 Å². The van der Waals surface area contributed by atoms with Crippen LogP contribution < -0.4 is 10.6 Å². The summed E-state index contributed by atoms with van der Waals surface area (Å²) in [4.78, 5) is 27.8. The Hall–Kier alpha value is -4.86. The molecule has 1 saturated heterocycles. The van der Waals surface area contributed by atoms with Gasteiger partial charge in [0.25, 0.3) is 0 Å². The summed E-state index contributed by atoms with van der Waals surface area (Å²) in [5.74, 6) is 1.92. The van der Waals surface area contributed by atoms with Crippen molar-refractivity contribution in [3.8, 4) is 28.3 Å². The average molecular weight is 574 g/mol. The van der Waals surface area contributed by atoms with Crippen LogP contribution in [-0.2, 0) is 6.54 Å². The lowest BCUT2D eigenvalue weighted by atomic mass is 10.1. The lowest BCUT2D eigenvalue weighted by molar-refractivity contribution is 0.248. The normalized spacial score (nSPS) is 14.0. The number of fused-ring (bicyclic) bond motifs is 1. The van der Waals surface area contributed by atoms with E-state index in [0.29, 0.717) is 16.7 Å². The van der Waals surface area contributed by atoms with Gasteiger partial charge in [-0.1, -0.05) is 35.9 Å². The second-order valence-corrected chi connectivity index (χ2v) is 10.7. The van der Waals surface area contributed by atoms with Crippen molar-refractivity contribution in [2.75, 3.05) is 36.8 Å². The summed E-state index contributed by atoms with van der Waals surface area (Å²) in [5, 5.41) is 0.686. The van der Waals surface area contributed by atoms with Crippen LogP contribution in [-0.4, -0.2) is 60.6 Å². The molecule has 0 unspecified atom stereocenters. The van der Waals surface area contributed by atoms with Gasteiger partial charge in [-0.05, 0) is 60.2 Å². The lowest BCUT2D eigenvalue weighted by Gasteiger charge is -2.34. The molecule has 5 heterocycles. The Morgan fingerprint density at radius 1 is 0.738 bits per heavy atom. The van der Waals surface area contributed by atoms with Crippen molar-refractivity contribution in [3.05, 3.63) is 108 Å². The van der Waals surface area contributed by atoms with Gasteiger partial charge in [0.05, 0.1) is 11.3 Å². The fourth-order valence-electron chi connectivity index (χ4n) is 5.34. The van der Waals surface area contributed by atoms with Crippen molar-refractivity contribution in [2.24, 2.45) is 0 Å². The predicted molar refractivity (Wildman–Crippen MR) is 166 cm³/mol. The average Bonchev–Trinajstić information content (AvgIpc) is 3.41. The summed E-state index contributed by atoms with van der Waals surface area (Å²) in [5.41, 5.74) is 12.6. The number of aromatic nitrogens is 6. The molecule has 4 aromatic heterocycles. The van der Waals surface area contributed by atoms with E-state index in [9.17, 15) is 0 Å². The third kappa shape index (κ3) is 5.15. The van der Waals surface area contributed by atoms with Crippen molar-refractivity contribution in [2.45, 2.75) is 6.54 Å². The highest BCUT2D eigenvalue weighted by Crippen LogP contribution is 2.32. The zero-order valence-electron chi connectivity index (χ0n) is 22.8. The van der Waals surface area contributed by atoms with Crippen LogP contribution >= 0.6 is 11.6 Å². The summed E-state index contributed by atoms with van der Waals surface area (Å²) in [6.07, 6.45) is 5.27. The van der Waals surface area contributed by atoms with Crippen LogP contribution in [0.25, 0.3) is 39.5 Å². The number of imidazole rings is 1. The Labute approximate surface area is 248 Å². The molecule has 1 aliphatic heterocycles. The molecule has 0 radical (unpaired) electrons. The van der Waals surface area contributed by atoms with Crippen LogP contribution in [0.3, 0.4) is 0 Å². The van der Waals surface area contributed by atoms with E-state index in [4.69, 9.17) is 27.3 Å². The largest absolute Gasteiger partial charge is 0.383 e. The molecule has 0 aliphatic carbocycles. The van der Waals surface area contributed by atoms with E-state index in [1.165, 1.54) is 5.56 Å². The van der Waals surface area contributed by atoms with Gasteiger partial charge in [-0.3, -0.25) is 9.47 Å². The zero-order valence-corrected chi connectivity index (χ0v) is 23.6. The molecular weight excluding hydrogens is 546 g/mol. The van der Waals surface area contributed by atoms with Gasteiger partial charge in [-0.15, -0.1) is 0 Å². The number of nitrogens with zero attached hydrogens (tertiary/aromatic N) is 8. The summed E-state index contributed by atoms with van der Waals surface area (Å²) in [6.45, 7) is 4.58. The second-order valence-electron chi connectivity index (χ2n) is 10.2. The molecule has 0 saturated carbocycles. The highest BCUT2D eigenvalue weighted by molar-refractivity contribution is 6.30. The maximum absolute atomic E-state index is 6.32. The number of hydrogen-bond acceptors (Lipinski definition) is 8. The van der Waals surface area contributed by atoms with Crippen molar-refractivity contribution in [1.82, 2.24) is 34.4 Å². The molecule has 0 bridgehead atoms. The van der Waals surface area contributed by atoms with E-state index in [-0.39, 0.29) is 0 Å². The molecule has 1 aliphatic rings. The number of piperazine rings is 1. The molecule has 42 heavy (non-hydrogen) atoms. The first-order chi connectivity index (χ1) is 20.6. The number of benzene rings is 2. The van der Waals surface area contributed by atoms with Crippen LogP contribution in [0.2, 0.25) is 5.02 Å². The van der Waals surface area contributed by atoms with E-state index in [1.54, 1.807) is 18.6 Å². The minimum atomic E-state index is 0.420. The van der Waals surface area contributed by atoms with Gasteiger partial charge in [0, 0.05) is 67.6 Å². The maximum Gasteiger partial charge on any atom is 0.225 e. The van der Waals surface area contributed by atoms with Gasteiger partial charge in [-0.2, -0.15) is 0 Å². The first-order valence-corrected chi connectivity index (χ1v) is 14.2. The fraction of sp³-hybridized carbons (Fsp3) is 0.156. The molecular formula is C32H28ClN9. The Morgan fingerprint density at radius 3 is 2.21 bits per heavy atom. The first kappa shape index (κ1) is 26.1. The molecule has 6 aromatic rings. The number of anilines is 2. The summed E-state index contributed by atoms with van der Waals surface area (Å²) >= 11 is 6.13. The molecule has 10 heteroatoms. The third-order valence-corrected chi connectivity index (χ3v) is 7.78. The standard InChI is InChI=1S/C32H28ClN9/c33-24-8-6-23(7-9-24)27-12-13-28-31(38-27)42(30(39-28)26-3-1-14-35-29(26)34)25-10-4-22(5-11-25)21-40-17-19-41(20-18-40)32-36-15-2-16-37-32/h1-16H,17-21H2,(H2,34,35). The van der Waals surface area contributed by atoms with Crippen LogP contribution in [0.15, 0.2) is 97.5 Å². The smallest absolute Gasteiger partial charge is 0.225 e. The lowest BCUT2D eigenvalue weighted by Crippen LogP contribution is -2.46. The molecule has 2 aromatic carbocycles. The predicted octanol–water partition coefficient (Wildman–Crippen LogP) is 5.50. The molecule has 9 nitrogen and oxygen atoms in total. The van der Waals surface area contributed by atoms with Crippen LogP contribution in [0.5, 0.6) is 0 Å². The number of pyridine rings is 2. The minimum absolute atomic E-state index is 0.420. The summed E-state index contributed by atoms with van der Waals surface area (Å²) in [6, 6.07) is 25.9. The molecule has 0 atom stereocenters. The van der Waals surface area contributed by atoms with E-state index >= 15 is 0 Å². The maximum atomic E-state index is 6.32. The topological polar surface area (TPSA) is 102 Å². The van der Waals surface area contributed by atoms with Gasteiger partial charge in [-0.25, -0.2) is 24.9 Å². The van der Waals surface area contributed by atoms with Crippen molar-refractivity contribution < 1.29 is 0 Å². The molecule has 1 fully saturated rings. The number of hydrogen-bond donors (Lipinski definition) is 1. The quantitative estimate of drug-likeness (QED) is 0.279. The number of halogens is 1. The molecule has 7 rings (SSSR count). The third-order valence-electron chi connectivity index (χ3n) is 7.53. The summed E-state index contributed by atoms with van der Waals surface area (Å²) < 4.78 is 2.06. The molecule has 208 valence electrons. The fourth-order valence-corrected chi connectivity index (χ4v) is 5.47. The van der Waals surface area contributed by atoms with Crippen LogP contribution in [0.1, 0.15) is 5.56 Å². The molecule has 0 amide bonds. The van der Waals surface area contributed by atoms with Gasteiger partial charge in [0.15, 0.2) is 11.5 Å². The Bertz CT molecular complexity index is 1830. The van der Waals surface area contributed by atoms with Crippen LogP contribution in [0.4, 0.5) is 11.8 Å². The van der Waals surface area contributed by atoms with Crippen molar-refractivity contribution in [1.29, 1.82) is 0 Å². The van der Waals surface area contributed by atoms with Crippen LogP contribution in [0, 0.1) is 0 Å². The van der Waals surface area contributed by atoms with E-state index in [2.05, 4.69) is 53.6 Å². The van der Waals surface area contributed by atoms with Crippen molar-refractivity contribution >= 4 is 34.5 Å². The van der Waals surface area contributed by atoms with Gasteiger partial charge in [0.2, 0.25) is 5.95 Å². The van der Waals surface area contributed by atoms with E-state index in [0.717, 1.165) is 72.3 Å². The highest BCUT2D eigenvalue weighted by Gasteiger charge is 2.21. The zero-order chi connectivity index (χ0) is 28.5. The number of nitrogen functional groups attached to an aromatic ring is 1. The first-order valence-electron chi connectivity index (χ1n) is 13.8. The molecule has 2 N–H and O–H groups in total. The Morgan fingerprint density at radius 2 is 1.48 bits per heavy atom. The Kier molecular flexibility index (Phi) is 6.95. The number of rotatable bonds is 6. The summed E-state index contributed by atoms with van der Waals surface area (Å²) in [7, 11) is 0. The minimum Gasteiger partial charge on any atom is -0.383 e.